The number of carbonyl (C=O) groups is 1. The van der Waals surface area contributed by atoms with E-state index in [2.05, 4.69) is 0 Å². The normalized spacial score (nSPS) is 15.5. The van der Waals surface area contributed by atoms with Crippen LogP contribution in [0, 0.1) is 13.8 Å². The van der Waals surface area contributed by atoms with Crippen LogP contribution in [0.1, 0.15) is 44.4 Å². The summed E-state index contributed by atoms with van der Waals surface area (Å²) in [7, 11) is 0. The van der Waals surface area contributed by atoms with Crippen molar-refractivity contribution >= 4 is 16.9 Å². The number of benzene rings is 3. The highest BCUT2D eigenvalue weighted by atomic mass is 16.3. The van der Waals surface area contributed by atoms with Crippen molar-refractivity contribution < 1.29 is 14.3 Å². The molecule has 0 aliphatic carbocycles. The number of aromatic hydroxyl groups is 1. The van der Waals surface area contributed by atoms with E-state index >= 15 is 0 Å². The number of aryl methyl sites for hydroxylation is 2. The Morgan fingerprint density at radius 2 is 1.74 bits per heavy atom. The van der Waals surface area contributed by atoms with E-state index in [4.69, 9.17) is 4.42 Å². The Morgan fingerprint density at radius 3 is 2.48 bits per heavy atom. The summed E-state index contributed by atoms with van der Waals surface area (Å²) in [5, 5.41) is 10.5. The topological polar surface area (TPSA) is 70.8 Å². The van der Waals surface area contributed by atoms with E-state index in [-0.39, 0.29) is 22.8 Å². The van der Waals surface area contributed by atoms with Gasteiger partial charge in [-0.25, -0.2) is 0 Å². The summed E-state index contributed by atoms with van der Waals surface area (Å²) in [4.78, 5) is 28.7. The molecule has 1 aromatic heterocycles. The van der Waals surface area contributed by atoms with E-state index in [1.165, 1.54) is 0 Å². The zero-order valence-corrected chi connectivity index (χ0v) is 17.3. The molecule has 1 aliphatic heterocycles. The molecule has 31 heavy (non-hydrogen) atoms. The average Bonchev–Trinajstić information content (AvgIpc) is 3.02. The summed E-state index contributed by atoms with van der Waals surface area (Å²) in [6, 6.07) is 19.4. The van der Waals surface area contributed by atoms with Crippen LogP contribution >= 0.6 is 0 Å². The van der Waals surface area contributed by atoms with Gasteiger partial charge in [0.15, 0.2) is 5.43 Å². The molecular weight excluding hydrogens is 390 g/mol. The summed E-state index contributed by atoms with van der Waals surface area (Å²) in [6.07, 6.45) is 0. The van der Waals surface area contributed by atoms with Crippen LogP contribution in [0.3, 0.4) is 0 Å². The fourth-order valence-electron chi connectivity index (χ4n) is 4.46. The molecule has 0 unspecified atom stereocenters. The predicted octanol–water partition coefficient (Wildman–Crippen LogP) is 4.86. The van der Waals surface area contributed by atoms with Gasteiger partial charge in [0.2, 0.25) is 5.76 Å². The van der Waals surface area contributed by atoms with Crippen molar-refractivity contribution in [3.63, 3.8) is 0 Å². The molecule has 4 aromatic rings. The molecule has 5 nitrogen and oxygen atoms in total. The lowest BCUT2D eigenvalue weighted by atomic mass is 9.97. The van der Waals surface area contributed by atoms with E-state index in [0.29, 0.717) is 28.6 Å². The van der Waals surface area contributed by atoms with Crippen molar-refractivity contribution in [1.29, 1.82) is 0 Å². The fraction of sp³-hybridized carbons (Fsp3) is 0.154. The summed E-state index contributed by atoms with van der Waals surface area (Å²) < 4.78 is 6.08. The molecule has 1 N–H and O–H groups in total. The highest BCUT2D eigenvalue weighted by molar-refractivity contribution is 5.99. The first-order chi connectivity index (χ1) is 14.9. The molecule has 5 heteroatoms. The number of hydrogen-bond acceptors (Lipinski definition) is 4. The molecule has 5 rings (SSSR count). The number of fused-ring (bicyclic) bond motifs is 2. The maximum absolute atomic E-state index is 13.6. The number of hydrogen-bond donors (Lipinski definition) is 1. The Bertz CT molecular complexity index is 1390. The van der Waals surface area contributed by atoms with E-state index in [1.807, 2.05) is 56.3 Å². The first-order valence-corrected chi connectivity index (χ1v) is 10.2. The summed E-state index contributed by atoms with van der Waals surface area (Å²) >= 11 is 0. The van der Waals surface area contributed by atoms with Crippen LogP contribution in [-0.4, -0.2) is 15.9 Å². The van der Waals surface area contributed by atoms with Gasteiger partial charge in [-0.05, 0) is 54.3 Å². The van der Waals surface area contributed by atoms with Crippen molar-refractivity contribution in [3.8, 4) is 5.75 Å². The van der Waals surface area contributed by atoms with E-state index in [1.54, 1.807) is 29.2 Å². The largest absolute Gasteiger partial charge is 0.508 e. The van der Waals surface area contributed by atoms with Gasteiger partial charge in [0.05, 0.1) is 17.0 Å². The van der Waals surface area contributed by atoms with Crippen molar-refractivity contribution in [2.24, 2.45) is 0 Å². The van der Waals surface area contributed by atoms with Gasteiger partial charge in [-0.3, -0.25) is 9.59 Å². The molecular formula is C26H21NO4. The van der Waals surface area contributed by atoms with E-state index in [9.17, 15) is 14.7 Å². The molecule has 1 amide bonds. The maximum atomic E-state index is 13.6. The molecule has 0 saturated heterocycles. The van der Waals surface area contributed by atoms with Crippen LogP contribution < -0.4 is 5.43 Å². The molecule has 0 saturated carbocycles. The van der Waals surface area contributed by atoms with Crippen LogP contribution in [0.25, 0.3) is 11.0 Å². The first-order valence-electron chi connectivity index (χ1n) is 10.2. The lowest BCUT2D eigenvalue weighted by Gasteiger charge is -2.25. The van der Waals surface area contributed by atoms with Gasteiger partial charge < -0.3 is 14.4 Å². The van der Waals surface area contributed by atoms with Gasteiger partial charge in [0.1, 0.15) is 11.3 Å². The smallest absolute Gasteiger partial charge is 0.291 e. The Hall–Kier alpha value is -3.86. The predicted molar refractivity (Wildman–Crippen MR) is 118 cm³/mol. The third kappa shape index (κ3) is 3.10. The monoisotopic (exact) mass is 411 g/mol. The third-order valence-corrected chi connectivity index (χ3v) is 5.78. The zero-order valence-electron chi connectivity index (χ0n) is 17.3. The van der Waals surface area contributed by atoms with Crippen LogP contribution in [-0.2, 0) is 6.54 Å². The first kappa shape index (κ1) is 19.1. The average molecular weight is 411 g/mol. The summed E-state index contributed by atoms with van der Waals surface area (Å²) in [6.45, 7) is 4.12. The molecule has 0 radical (unpaired) electrons. The molecule has 0 bridgehead atoms. The Balaban J connectivity index is 1.77. The van der Waals surface area contributed by atoms with E-state index in [0.717, 1.165) is 16.7 Å². The maximum Gasteiger partial charge on any atom is 0.291 e. The highest BCUT2D eigenvalue weighted by Gasteiger charge is 2.42. The van der Waals surface area contributed by atoms with Crippen molar-refractivity contribution in [3.05, 3.63) is 111 Å². The minimum Gasteiger partial charge on any atom is -0.508 e. The number of rotatable bonds is 3. The van der Waals surface area contributed by atoms with Gasteiger partial charge in [0.25, 0.3) is 5.91 Å². The molecule has 0 fully saturated rings. The fourth-order valence-corrected chi connectivity index (χ4v) is 4.46. The van der Waals surface area contributed by atoms with Crippen LogP contribution in [0.5, 0.6) is 5.75 Å². The summed E-state index contributed by atoms with van der Waals surface area (Å²) in [5.41, 5.74) is 3.94. The van der Waals surface area contributed by atoms with Crippen LogP contribution in [0.2, 0.25) is 0 Å². The van der Waals surface area contributed by atoms with Crippen LogP contribution in [0.4, 0.5) is 0 Å². The van der Waals surface area contributed by atoms with Gasteiger partial charge in [-0.2, -0.15) is 0 Å². The second-order valence-electron chi connectivity index (χ2n) is 8.05. The SMILES string of the molecule is Cc1cc(C)c2oc3c(c(=O)c2c1)[C@@H](c1cccc(O)c1)N(Cc1ccccc1)C3=O. The number of carbonyl (C=O) groups excluding carboxylic acids is 1. The molecule has 3 aromatic carbocycles. The second-order valence-corrected chi connectivity index (χ2v) is 8.05. The molecule has 2 heterocycles. The van der Waals surface area contributed by atoms with Gasteiger partial charge in [-0.15, -0.1) is 0 Å². The Morgan fingerprint density at radius 1 is 0.968 bits per heavy atom. The highest BCUT2D eigenvalue weighted by Crippen LogP contribution is 2.40. The minimum absolute atomic E-state index is 0.0775. The lowest BCUT2D eigenvalue weighted by Crippen LogP contribution is -2.29. The molecule has 154 valence electrons. The van der Waals surface area contributed by atoms with E-state index < -0.39 is 6.04 Å². The molecule has 1 atom stereocenters. The van der Waals surface area contributed by atoms with Crippen molar-refractivity contribution in [1.82, 2.24) is 4.90 Å². The Labute approximate surface area is 179 Å². The minimum atomic E-state index is -0.642. The Kier molecular flexibility index (Phi) is 4.40. The number of phenols is 1. The van der Waals surface area contributed by atoms with Gasteiger partial charge >= 0.3 is 0 Å². The molecule has 0 spiro atoms. The van der Waals surface area contributed by atoms with Crippen molar-refractivity contribution in [2.45, 2.75) is 26.4 Å². The standard InChI is InChI=1S/C26H21NO4/c1-15-11-16(2)24-20(12-15)23(29)21-22(18-9-6-10-19(28)13-18)27(26(30)25(21)31-24)14-17-7-4-3-5-8-17/h3-13,22,28H,14H2,1-2H3/t22-/m1/s1. The quantitative estimate of drug-likeness (QED) is 0.523. The van der Waals surface area contributed by atoms with Gasteiger partial charge in [-0.1, -0.05) is 48.5 Å². The number of amides is 1. The van der Waals surface area contributed by atoms with Crippen LogP contribution in [0.15, 0.2) is 75.9 Å². The molecule has 1 aliphatic rings. The summed E-state index contributed by atoms with van der Waals surface area (Å²) in [5.74, 6) is -0.171. The second kappa shape index (κ2) is 7.13. The third-order valence-electron chi connectivity index (χ3n) is 5.78. The number of phenolic OH excluding ortho intramolecular Hbond substituents is 1. The lowest BCUT2D eigenvalue weighted by molar-refractivity contribution is 0.0714. The van der Waals surface area contributed by atoms with Gasteiger partial charge in [0, 0.05) is 6.54 Å². The number of nitrogens with zero attached hydrogens (tertiary/aromatic N) is 1. The van der Waals surface area contributed by atoms with Crippen molar-refractivity contribution in [2.75, 3.05) is 0 Å². The zero-order chi connectivity index (χ0) is 21.7.